The van der Waals surface area contributed by atoms with Crippen molar-refractivity contribution in [3.8, 4) is 16.9 Å². The molecule has 1 atom stereocenters. The quantitative estimate of drug-likeness (QED) is 0.117. The Morgan fingerprint density at radius 2 is 1.93 bits per heavy atom. The number of amides is 1. The van der Waals surface area contributed by atoms with Crippen LogP contribution in [0.5, 0.6) is 5.75 Å². The number of halogens is 6. The van der Waals surface area contributed by atoms with Crippen LogP contribution in [0.1, 0.15) is 49.8 Å². The molecule has 43 heavy (non-hydrogen) atoms. The van der Waals surface area contributed by atoms with Crippen LogP contribution >= 0.6 is 0 Å². The largest absolute Gasteiger partial charge is 1.00 e. The number of pyridine rings is 1. The summed E-state index contributed by atoms with van der Waals surface area (Å²) in [6.45, 7) is 8.78. The maximum atomic E-state index is 13.3. The molecule has 1 N–H and O–H groups in total. The molecule has 0 spiro atoms. The third kappa shape index (κ3) is 9.58. The number of benzene rings is 2. The predicted molar refractivity (Wildman–Crippen MR) is 143 cm³/mol. The van der Waals surface area contributed by atoms with Gasteiger partial charge in [-0.15, -0.1) is 26.0 Å². The number of aliphatic imine (C=N–C) groups is 1. The molecule has 0 unspecified atom stereocenters. The van der Waals surface area contributed by atoms with Gasteiger partial charge in [-0.2, -0.15) is 6.92 Å². The number of carbonyl (C=O) groups is 2. The minimum atomic E-state index is -4.82. The number of amidine groups is 1. The maximum absolute atomic E-state index is 13.3. The number of carbonyl (C=O) groups excluding carboxylic acids is 2. The van der Waals surface area contributed by atoms with Gasteiger partial charge >= 0.3 is 152 Å². The van der Waals surface area contributed by atoms with Gasteiger partial charge in [-0.1, -0.05) is 12.1 Å². The monoisotopic (exact) mass is 706 g/mol. The van der Waals surface area contributed by atoms with Crippen LogP contribution in [-0.4, -0.2) is 32.4 Å². The molecule has 0 bridgehead atoms. The van der Waals surface area contributed by atoms with E-state index in [1.54, 1.807) is 38.5 Å². The second-order valence-corrected chi connectivity index (χ2v) is 12.4. The number of aromatic nitrogens is 1. The summed E-state index contributed by atoms with van der Waals surface area (Å²) in [6.07, 6.45) is -0.878. The van der Waals surface area contributed by atoms with E-state index < -0.39 is 45.3 Å². The molecule has 6 nitrogen and oxygen atoms in total. The molecule has 0 aliphatic carbocycles. The number of hydrogen-bond acceptors (Lipinski definition) is 5. The summed E-state index contributed by atoms with van der Waals surface area (Å²) in [6, 6.07) is 12.1. The molecule has 226 valence electrons. The van der Waals surface area contributed by atoms with Gasteiger partial charge in [0, 0.05) is 0 Å². The van der Waals surface area contributed by atoms with Gasteiger partial charge in [-0.25, -0.2) is 0 Å². The molecule has 2 aromatic carbocycles. The number of rotatable bonds is 9. The molecule has 3 aromatic rings. The van der Waals surface area contributed by atoms with Crippen molar-refractivity contribution in [2.45, 2.75) is 51.9 Å². The Balaban J connectivity index is 0.000000295. The van der Waals surface area contributed by atoms with Crippen molar-refractivity contribution in [3.05, 3.63) is 94.5 Å². The number of nitrogens with zero attached hydrogens (tertiary/aromatic N) is 2. The number of hydrogen-bond donors (Lipinski definition) is 1. The summed E-state index contributed by atoms with van der Waals surface area (Å²) >= 11 is -0.867. The van der Waals surface area contributed by atoms with Crippen molar-refractivity contribution >= 4 is 15.5 Å². The van der Waals surface area contributed by atoms with E-state index in [9.17, 15) is 31.5 Å². The van der Waals surface area contributed by atoms with Crippen LogP contribution in [-0.2, 0) is 9.59 Å². The summed E-state index contributed by atoms with van der Waals surface area (Å²) < 4.78 is 68.8. The van der Waals surface area contributed by atoms with Gasteiger partial charge in [0.2, 0.25) is 5.91 Å². The van der Waals surface area contributed by atoms with Gasteiger partial charge < -0.3 is 23.4 Å². The first-order valence-corrected chi connectivity index (χ1v) is 14.7. The fourth-order valence-corrected chi connectivity index (χ4v) is 6.27. The van der Waals surface area contributed by atoms with Crippen LogP contribution < -0.4 is 50.1 Å². The molecule has 0 radical (unpaired) electrons. The normalized spacial score (nSPS) is 16.1. The van der Waals surface area contributed by atoms with Crippen molar-refractivity contribution < 1.29 is 76.3 Å². The molecular formula is C30H27F5ILiN3O3-3. The Labute approximate surface area is 269 Å². The molecule has 0 saturated heterocycles. The zero-order valence-corrected chi connectivity index (χ0v) is 26.0. The molecular weight excluding hydrogens is 679 g/mol. The maximum Gasteiger partial charge on any atom is 1.00 e. The second-order valence-electron chi connectivity index (χ2n) is 9.08. The Morgan fingerprint density at radius 1 is 1.23 bits per heavy atom. The molecule has 2 heterocycles. The summed E-state index contributed by atoms with van der Waals surface area (Å²) in [7, 11) is 0. The van der Waals surface area contributed by atoms with Gasteiger partial charge in [-0.3, -0.25) is 9.79 Å². The summed E-state index contributed by atoms with van der Waals surface area (Å²) in [5.41, 5.74) is 0.906. The summed E-state index contributed by atoms with van der Waals surface area (Å²) in [5, 5.41) is 2.53. The molecule has 1 amide bonds. The van der Waals surface area contributed by atoms with Crippen molar-refractivity contribution in [1.29, 1.82) is 0 Å². The van der Waals surface area contributed by atoms with E-state index >= 15 is 0 Å². The number of ether oxygens (including phenoxy) is 1. The Kier molecular flexibility index (Phi) is 13.3. The van der Waals surface area contributed by atoms with Gasteiger partial charge in [0.25, 0.3) is 0 Å². The van der Waals surface area contributed by atoms with Gasteiger partial charge in [0.05, 0.1) is 11.1 Å². The van der Waals surface area contributed by atoms with Crippen LogP contribution in [0, 0.1) is 30.0 Å². The van der Waals surface area contributed by atoms with E-state index in [-0.39, 0.29) is 51.9 Å². The standard InChI is InChI=1S/C15H15F3N2O2.C15H12F2INO.Li/c1-3-9-14(4-2)13(21)19-12(20-14)10-7-5-6-8-11(10)22-15(16,17)18;1-9-7-12(18-10(2)20)8-13(15(16)17)14(9)11-3-5-19-6-4-11;/h3,5-8H,2,4,9H2,1H3,(H,19,20,21);3-5,7-8,15H,1-2H3;/q2*-2;+1/t14-;;/m1../s1. The van der Waals surface area contributed by atoms with Crippen LogP contribution in [0.15, 0.2) is 59.7 Å². The van der Waals surface area contributed by atoms with Crippen LogP contribution in [0.3, 0.4) is 0 Å². The van der Waals surface area contributed by atoms with E-state index in [2.05, 4.69) is 33.2 Å². The molecule has 1 aliphatic rings. The SMILES string of the molecule is CC(=O)[I-]c1cc(C)c(-c2c[c-]ncc2)c(C(F)F)c1.[CH2-]C[C@]1(C[CH-]C)N=C(c2ccccc2OC(F)(F)F)NC1=O.[Li+]. The zero-order valence-electron chi connectivity index (χ0n) is 23.9. The Hall–Kier alpha value is -2.82. The number of aryl methyl sites for hydroxylation is 1. The van der Waals surface area contributed by atoms with Gasteiger partial charge in [0.15, 0.2) is 0 Å². The van der Waals surface area contributed by atoms with Crippen LogP contribution in [0.2, 0.25) is 0 Å². The average molecular weight is 706 g/mol. The third-order valence-electron chi connectivity index (χ3n) is 6.02. The van der Waals surface area contributed by atoms with Gasteiger partial charge in [-0.05, 0) is 12.1 Å². The molecule has 1 aliphatic heterocycles. The first kappa shape index (κ1) is 36.4. The number of alkyl halides is 5. The van der Waals surface area contributed by atoms with Gasteiger partial charge in [0.1, 0.15) is 11.6 Å². The van der Waals surface area contributed by atoms with E-state index in [1.807, 2.05) is 6.07 Å². The van der Waals surface area contributed by atoms with Crippen molar-refractivity contribution in [2.24, 2.45) is 4.99 Å². The van der Waals surface area contributed by atoms with E-state index in [1.165, 1.54) is 37.4 Å². The zero-order chi connectivity index (χ0) is 31.1. The van der Waals surface area contributed by atoms with Crippen LogP contribution in [0.25, 0.3) is 11.1 Å². The van der Waals surface area contributed by atoms with E-state index in [4.69, 9.17) is 0 Å². The van der Waals surface area contributed by atoms with Crippen molar-refractivity contribution in [3.63, 3.8) is 0 Å². The van der Waals surface area contributed by atoms with E-state index in [0.717, 1.165) is 9.13 Å². The minimum absolute atomic E-state index is 0. The van der Waals surface area contributed by atoms with Crippen LogP contribution in [0.4, 0.5) is 22.0 Å². The second kappa shape index (κ2) is 15.8. The summed E-state index contributed by atoms with van der Waals surface area (Å²) in [4.78, 5) is 31.4. The predicted octanol–water partition coefficient (Wildman–Crippen LogP) is 0.643. The van der Waals surface area contributed by atoms with E-state index in [0.29, 0.717) is 17.5 Å². The average Bonchev–Trinajstić information content (AvgIpc) is 3.24. The molecule has 4 rings (SSSR count). The fraction of sp³-hybridized carbons (Fsp3) is 0.267. The number of para-hydroxylation sites is 1. The van der Waals surface area contributed by atoms with Crippen molar-refractivity contribution in [2.75, 3.05) is 0 Å². The smallest absolute Gasteiger partial charge is 0.405 e. The number of nitrogens with one attached hydrogen (secondary N) is 1. The molecule has 13 heteroatoms. The van der Waals surface area contributed by atoms with Crippen molar-refractivity contribution in [1.82, 2.24) is 10.3 Å². The molecule has 1 aromatic heterocycles. The Bertz CT molecular complexity index is 1450. The minimum Gasteiger partial charge on any atom is -0.405 e. The summed E-state index contributed by atoms with van der Waals surface area (Å²) in [5.74, 6) is -0.720. The fourth-order valence-electron chi connectivity index (χ4n) is 4.28. The first-order valence-electron chi connectivity index (χ1n) is 12.5. The molecule has 0 fully saturated rings. The first-order chi connectivity index (χ1) is 19.8. The topological polar surface area (TPSA) is 80.7 Å². The molecule has 0 saturated carbocycles. The Morgan fingerprint density at radius 3 is 2.49 bits per heavy atom. The third-order valence-corrected chi connectivity index (χ3v) is 8.03.